The van der Waals surface area contributed by atoms with E-state index in [1.165, 1.54) is 23.3 Å². The molecule has 1 saturated heterocycles. The standard InChI is InChI=1S/C33H31ClN2O6S/c1-17(2)11-12-41-25-10-5-19(15-26(25)40-4)29-28(30(37)20-6-9-24-21(14-20)13-18(3)42-24)31(38)32(39)36(29)33-35-23-8-7-22(34)16-27(23)43-33/h5-10,14-18,29,37H,11-13H2,1-4H3/t18-,29+/m1/s1. The minimum atomic E-state index is -0.974. The van der Waals surface area contributed by atoms with E-state index in [0.29, 0.717) is 57.2 Å². The Kier molecular flexibility index (Phi) is 7.79. The maximum atomic E-state index is 13.7. The van der Waals surface area contributed by atoms with Crippen LogP contribution >= 0.6 is 22.9 Å². The zero-order valence-corrected chi connectivity index (χ0v) is 25.8. The molecule has 1 N–H and O–H groups in total. The van der Waals surface area contributed by atoms with E-state index in [1.807, 2.05) is 13.0 Å². The Balaban J connectivity index is 1.49. The summed E-state index contributed by atoms with van der Waals surface area (Å²) in [7, 11) is 1.54. The monoisotopic (exact) mass is 618 g/mol. The van der Waals surface area contributed by atoms with Gasteiger partial charge in [-0.1, -0.05) is 42.9 Å². The first-order valence-corrected chi connectivity index (χ1v) is 15.3. The van der Waals surface area contributed by atoms with Crippen LogP contribution in [-0.2, 0) is 16.0 Å². The summed E-state index contributed by atoms with van der Waals surface area (Å²) in [6, 6.07) is 14.9. The molecule has 2 aliphatic heterocycles. The Labute approximate surface area is 258 Å². The molecule has 3 heterocycles. The number of halogens is 1. The van der Waals surface area contributed by atoms with E-state index in [2.05, 4.69) is 18.8 Å². The second kappa shape index (κ2) is 11.5. The first kappa shape index (κ1) is 29.0. The molecule has 2 aliphatic rings. The number of aliphatic hydroxyl groups is 1. The SMILES string of the molecule is COc1cc([C@H]2C(=C(O)c3ccc4c(c3)C[C@@H](C)O4)C(=O)C(=O)N2c2nc3ccc(Cl)cc3s2)ccc1OCCC(C)C. The van der Waals surface area contributed by atoms with Crippen LogP contribution in [0.4, 0.5) is 5.13 Å². The van der Waals surface area contributed by atoms with Crippen LogP contribution in [-0.4, -0.2) is 41.6 Å². The molecule has 8 nitrogen and oxygen atoms in total. The van der Waals surface area contributed by atoms with E-state index < -0.39 is 17.7 Å². The highest BCUT2D eigenvalue weighted by Crippen LogP contribution is 2.46. The van der Waals surface area contributed by atoms with Gasteiger partial charge in [-0.2, -0.15) is 0 Å². The van der Waals surface area contributed by atoms with Crippen molar-refractivity contribution in [1.29, 1.82) is 0 Å². The molecule has 222 valence electrons. The van der Waals surface area contributed by atoms with E-state index in [0.717, 1.165) is 22.4 Å². The fourth-order valence-corrected chi connectivity index (χ4v) is 6.71. The van der Waals surface area contributed by atoms with Gasteiger partial charge in [-0.05, 0) is 78.9 Å². The van der Waals surface area contributed by atoms with Crippen molar-refractivity contribution in [2.45, 2.75) is 45.8 Å². The number of benzene rings is 3. The van der Waals surface area contributed by atoms with Gasteiger partial charge in [0.25, 0.3) is 5.78 Å². The van der Waals surface area contributed by atoms with Crippen LogP contribution in [0, 0.1) is 5.92 Å². The Morgan fingerprint density at radius 2 is 1.95 bits per heavy atom. The molecule has 0 bridgehead atoms. The Hall–Kier alpha value is -4.08. The van der Waals surface area contributed by atoms with Gasteiger partial charge in [0, 0.05) is 17.0 Å². The molecule has 0 saturated carbocycles. The number of hydrogen-bond acceptors (Lipinski definition) is 8. The highest BCUT2D eigenvalue weighted by atomic mass is 35.5. The number of ether oxygens (including phenoxy) is 3. The predicted molar refractivity (Wildman–Crippen MR) is 168 cm³/mol. The molecular weight excluding hydrogens is 588 g/mol. The number of anilines is 1. The molecule has 1 fully saturated rings. The molecule has 4 aromatic rings. The van der Waals surface area contributed by atoms with E-state index in [9.17, 15) is 14.7 Å². The summed E-state index contributed by atoms with van der Waals surface area (Å²) in [4.78, 5) is 33.5. The maximum absolute atomic E-state index is 13.7. The molecule has 0 unspecified atom stereocenters. The summed E-state index contributed by atoms with van der Waals surface area (Å²) >= 11 is 7.46. The van der Waals surface area contributed by atoms with E-state index in [1.54, 1.807) is 48.5 Å². The van der Waals surface area contributed by atoms with Crippen LogP contribution in [0.1, 0.15) is 49.9 Å². The number of carbonyl (C=O) groups excluding carboxylic acids is 2. The molecule has 1 aromatic heterocycles. The Morgan fingerprint density at radius 3 is 2.72 bits per heavy atom. The van der Waals surface area contributed by atoms with E-state index >= 15 is 0 Å². The lowest BCUT2D eigenvalue weighted by molar-refractivity contribution is -0.132. The number of hydrogen-bond donors (Lipinski definition) is 1. The number of amides is 1. The minimum absolute atomic E-state index is 0.0132. The third-order valence-corrected chi connectivity index (χ3v) is 8.87. The number of fused-ring (bicyclic) bond motifs is 2. The normalized spacial score (nSPS) is 19.3. The molecule has 0 radical (unpaired) electrons. The van der Waals surface area contributed by atoms with E-state index in [-0.39, 0.29) is 17.4 Å². The van der Waals surface area contributed by atoms with Crippen molar-refractivity contribution in [2.24, 2.45) is 5.92 Å². The number of methoxy groups -OCH3 is 1. The summed E-state index contributed by atoms with van der Waals surface area (Å²) in [6.45, 7) is 6.73. The van der Waals surface area contributed by atoms with Gasteiger partial charge >= 0.3 is 5.91 Å². The second-order valence-electron chi connectivity index (χ2n) is 11.2. The molecule has 3 aromatic carbocycles. The van der Waals surface area contributed by atoms with Crippen LogP contribution < -0.4 is 19.1 Å². The molecular formula is C33H31ClN2O6S. The number of aromatic nitrogens is 1. The second-order valence-corrected chi connectivity index (χ2v) is 12.6. The van der Waals surface area contributed by atoms with Gasteiger partial charge in [0.15, 0.2) is 16.6 Å². The number of nitrogens with zero attached hydrogens (tertiary/aromatic N) is 2. The molecule has 0 aliphatic carbocycles. The number of rotatable bonds is 8. The van der Waals surface area contributed by atoms with Crippen LogP contribution in [0.15, 0.2) is 60.2 Å². The fourth-order valence-electron chi connectivity index (χ4n) is 5.44. The van der Waals surface area contributed by atoms with Gasteiger partial charge in [0.1, 0.15) is 17.6 Å². The third kappa shape index (κ3) is 5.43. The van der Waals surface area contributed by atoms with Crippen LogP contribution in [0.2, 0.25) is 5.02 Å². The van der Waals surface area contributed by atoms with Crippen LogP contribution in [0.25, 0.3) is 16.0 Å². The summed E-state index contributed by atoms with van der Waals surface area (Å²) in [5, 5.41) is 12.5. The third-order valence-electron chi connectivity index (χ3n) is 7.62. The quantitative estimate of drug-likeness (QED) is 0.125. The zero-order chi connectivity index (χ0) is 30.4. The Morgan fingerprint density at radius 1 is 1.14 bits per heavy atom. The highest BCUT2D eigenvalue weighted by Gasteiger charge is 2.48. The summed E-state index contributed by atoms with van der Waals surface area (Å²) < 4.78 is 18.2. The lowest BCUT2D eigenvalue weighted by Crippen LogP contribution is -2.29. The van der Waals surface area contributed by atoms with Crippen LogP contribution in [0.3, 0.4) is 0 Å². The van der Waals surface area contributed by atoms with Crippen molar-refractivity contribution >= 4 is 55.7 Å². The van der Waals surface area contributed by atoms with Gasteiger partial charge in [0.05, 0.1) is 35.5 Å². The van der Waals surface area contributed by atoms with Gasteiger partial charge in [-0.15, -0.1) is 0 Å². The van der Waals surface area contributed by atoms with Gasteiger partial charge in [-0.3, -0.25) is 14.5 Å². The molecule has 6 rings (SSSR count). The largest absolute Gasteiger partial charge is 0.507 e. The van der Waals surface area contributed by atoms with Crippen LogP contribution in [0.5, 0.6) is 17.2 Å². The number of ketones is 1. The minimum Gasteiger partial charge on any atom is -0.507 e. The number of thiazole rings is 1. The lowest BCUT2D eigenvalue weighted by Gasteiger charge is -2.24. The van der Waals surface area contributed by atoms with Gasteiger partial charge < -0.3 is 19.3 Å². The zero-order valence-electron chi connectivity index (χ0n) is 24.2. The van der Waals surface area contributed by atoms with Crippen molar-refractivity contribution in [1.82, 2.24) is 4.98 Å². The molecule has 0 spiro atoms. The molecule has 1 amide bonds. The summed E-state index contributed by atoms with van der Waals surface area (Å²) in [6.07, 6.45) is 1.56. The number of aliphatic hydroxyl groups excluding tert-OH is 1. The molecule has 43 heavy (non-hydrogen) atoms. The van der Waals surface area contributed by atoms with Crippen molar-refractivity contribution in [3.8, 4) is 17.2 Å². The van der Waals surface area contributed by atoms with Gasteiger partial charge in [0.2, 0.25) is 0 Å². The highest BCUT2D eigenvalue weighted by molar-refractivity contribution is 7.22. The van der Waals surface area contributed by atoms with Crippen molar-refractivity contribution in [3.63, 3.8) is 0 Å². The first-order valence-electron chi connectivity index (χ1n) is 14.1. The summed E-state index contributed by atoms with van der Waals surface area (Å²) in [5.74, 6) is 0.355. The first-order chi connectivity index (χ1) is 20.6. The number of carbonyl (C=O) groups is 2. The lowest BCUT2D eigenvalue weighted by atomic mass is 9.94. The smallest absolute Gasteiger partial charge is 0.301 e. The fraction of sp³-hybridized carbons (Fsp3) is 0.303. The van der Waals surface area contributed by atoms with Crippen molar-refractivity contribution in [2.75, 3.05) is 18.6 Å². The van der Waals surface area contributed by atoms with E-state index in [4.69, 9.17) is 25.8 Å². The average molecular weight is 619 g/mol. The van der Waals surface area contributed by atoms with Gasteiger partial charge in [-0.25, -0.2) is 4.98 Å². The predicted octanol–water partition coefficient (Wildman–Crippen LogP) is 7.33. The topological polar surface area (TPSA) is 98.2 Å². The average Bonchev–Trinajstić information content (AvgIpc) is 3.64. The van der Waals surface area contributed by atoms with Crippen molar-refractivity contribution in [3.05, 3.63) is 81.9 Å². The Bertz CT molecular complexity index is 1780. The van der Waals surface area contributed by atoms with Crippen molar-refractivity contribution < 1.29 is 28.9 Å². The maximum Gasteiger partial charge on any atom is 0.301 e. The molecule has 2 atom stereocenters. The number of Topliss-reactive ketones (excluding diaryl/α,β-unsaturated/α-hetero) is 1. The molecule has 10 heteroatoms. The summed E-state index contributed by atoms with van der Waals surface area (Å²) in [5.41, 5.74) is 2.52.